The van der Waals surface area contributed by atoms with Gasteiger partial charge in [-0.05, 0) is 42.9 Å². The molecule has 2 heterocycles. The number of likely N-dealkylation sites (tertiary alicyclic amines) is 1. The van der Waals surface area contributed by atoms with E-state index in [0.717, 1.165) is 40.8 Å². The Labute approximate surface area is 136 Å². The lowest BCUT2D eigenvalue weighted by molar-refractivity contribution is 0.0853. The van der Waals surface area contributed by atoms with Gasteiger partial charge in [-0.3, -0.25) is 4.90 Å². The highest BCUT2D eigenvalue weighted by molar-refractivity contribution is 9.10. The Morgan fingerprint density at radius 3 is 2.86 bits per heavy atom. The van der Waals surface area contributed by atoms with Crippen LogP contribution in [0.5, 0.6) is 0 Å². The van der Waals surface area contributed by atoms with Crippen LogP contribution in [0, 0.1) is 5.92 Å². The molecule has 0 spiro atoms. The Morgan fingerprint density at radius 1 is 1.41 bits per heavy atom. The highest BCUT2D eigenvalue weighted by Crippen LogP contribution is 2.52. The van der Waals surface area contributed by atoms with Gasteiger partial charge in [0.1, 0.15) is 11.4 Å². The van der Waals surface area contributed by atoms with Gasteiger partial charge in [-0.1, -0.05) is 28.1 Å². The van der Waals surface area contributed by atoms with Crippen molar-refractivity contribution in [2.24, 2.45) is 5.92 Å². The predicted molar refractivity (Wildman–Crippen MR) is 85.5 cm³/mol. The number of nitrogens with zero attached hydrogens (tertiary/aromatic N) is 2. The molecule has 2 N–H and O–H groups in total. The first-order valence-corrected chi connectivity index (χ1v) is 8.20. The fraction of sp³-hybridized carbons (Fsp3) is 0.375. The van der Waals surface area contributed by atoms with Crippen molar-refractivity contribution in [1.29, 1.82) is 0 Å². The van der Waals surface area contributed by atoms with Gasteiger partial charge in [0.05, 0.1) is 11.9 Å². The molecule has 5 nitrogen and oxygen atoms in total. The zero-order valence-electron chi connectivity index (χ0n) is 11.9. The van der Waals surface area contributed by atoms with Crippen molar-refractivity contribution >= 4 is 22.0 Å². The topological polar surface area (TPSA) is 69.2 Å². The number of carbonyl (C=O) groups is 1. The summed E-state index contributed by atoms with van der Waals surface area (Å²) in [5, 5.41) is 9.50. The van der Waals surface area contributed by atoms with Crippen LogP contribution < -0.4 is 0 Å². The van der Waals surface area contributed by atoms with Crippen LogP contribution in [0.4, 0.5) is 4.79 Å². The third-order valence-electron chi connectivity index (χ3n) is 4.95. The summed E-state index contributed by atoms with van der Waals surface area (Å²) in [7, 11) is 0. The first kappa shape index (κ1) is 13.8. The molecule has 114 valence electrons. The molecule has 1 aromatic carbocycles. The number of piperidine rings is 1. The second-order valence-electron chi connectivity index (χ2n) is 6.19. The fourth-order valence-corrected chi connectivity index (χ4v) is 4.16. The van der Waals surface area contributed by atoms with Gasteiger partial charge in [-0.25, -0.2) is 9.78 Å². The molecule has 1 saturated carbocycles. The Balaban J connectivity index is 1.71. The van der Waals surface area contributed by atoms with Crippen LogP contribution in [-0.4, -0.2) is 32.6 Å². The molecule has 1 aliphatic carbocycles. The summed E-state index contributed by atoms with van der Waals surface area (Å²) in [6.45, 7) is 0.629. The summed E-state index contributed by atoms with van der Waals surface area (Å²) >= 11 is 3.43. The molecule has 2 unspecified atom stereocenters. The molecule has 1 amide bonds. The molecule has 2 atom stereocenters. The van der Waals surface area contributed by atoms with Crippen LogP contribution in [-0.2, 0) is 5.54 Å². The molecule has 1 saturated heterocycles. The van der Waals surface area contributed by atoms with Gasteiger partial charge in [0.15, 0.2) is 0 Å². The minimum atomic E-state index is -0.844. The number of carboxylic acid groups (broad SMARTS) is 1. The molecule has 22 heavy (non-hydrogen) atoms. The number of halogens is 1. The van der Waals surface area contributed by atoms with Crippen LogP contribution >= 0.6 is 15.9 Å². The molecular weight excluding hydrogens is 346 g/mol. The van der Waals surface area contributed by atoms with Gasteiger partial charge in [-0.2, -0.15) is 0 Å². The summed E-state index contributed by atoms with van der Waals surface area (Å²) in [4.78, 5) is 21.0. The normalized spacial score (nSPS) is 26.6. The van der Waals surface area contributed by atoms with E-state index >= 15 is 0 Å². The van der Waals surface area contributed by atoms with E-state index in [1.54, 1.807) is 11.1 Å². The van der Waals surface area contributed by atoms with Gasteiger partial charge in [0, 0.05) is 11.0 Å². The van der Waals surface area contributed by atoms with Crippen LogP contribution in [0.15, 0.2) is 34.9 Å². The van der Waals surface area contributed by atoms with Crippen molar-refractivity contribution in [1.82, 2.24) is 14.9 Å². The van der Waals surface area contributed by atoms with Gasteiger partial charge in [0.25, 0.3) is 0 Å². The van der Waals surface area contributed by atoms with Crippen LogP contribution in [0.1, 0.15) is 25.1 Å². The van der Waals surface area contributed by atoms with Crippen LogP contribution in [0.25, 0.3) is 11.3 Å². The number of benzene rings is 1. The molecule has 1 aliphatic heterocycles. The Bertz CT molecular complexity index is 727. The minimum absolute atomic E-state index is 0.454. The van der Waals surface area contributed by atoms with Crippen molar-refractivity contribution in [3.63, 3.8) is 0 Å². The lowest BCUT2D eigenvalue weighted by Gasteiger charge is -2.35. The molecule has 1 aromatic heterocycles. The van der Waals surface area contributed by atoms with E-state index in [-0.39, 0.29) is 0 Å². The standard InChI is InChI=1S/C16H16BrN3O2/c17-12-3-1-11(2-4-12)13-8-18-14(19-13)16-6-5-10(7-16)9-20(16)15(21)22/h1-4,8,10H,5-7,9H2,(H,18,19)(H,21,22). The summed E-state index contributed by atoms with van der Waals surface area (Å²) < 4.78 is 1.03. The van der Waals surface area contributed by atoms with Gasteiger partial charge in [-0.15, -0.1) is 0 Å². The number of aromatic nitrogens is 2. The van der Waals surface area contributed by atoms with Crippen molar-refractivity contribution in [2.75, 3.05) is 6.54 Å². The molecule has 2 aliphatic rings. The third kappa shape index (κ3) is 1.97. The van der Waals surface area contributed by atoms with Crippen molar-refractivity contribution in [2.45, 2.75) is 24.8 Å². The number of fused-ring (bicyclic) bond motifs is 2. The summed E-state index contributed by atoms with van der Waals surface area (Å²) in [6, 6.07) is 8.00. The Hall–Kier alpha value is -1.82. The summed E-state index contributed by atoms with van der Waals surface area (Å²) in [6.07, 6.45) is 3.78. The first-order chi connectivity index (χ1) is 10.6. The molecule has 2 bridgehead atoms. The van der Waals surface area contributed by atoms with Gasteiger partial charge >= 0.3 is 6.09 Å². The lowest BCUT2D eigenvalue weighted by Crippen LogP contribution is -2.46. The quantitative estimate of drug-likeness (QED) is 0.853. The monoisotopic (exact) mass is 361 g/mol. The predicted octanol–water partition coefficient (Wildman–Crippen LogP) is 3.83. The number of H-pyrrole nitrogens is 1. The molecular formula is C16H16BrN3O2. The second-order valence-corrected chi connectivity index (χ2v) is 7.10. The largest absolute Gasteiger partial charge is 0.465 e. The highest BCUT2D eigenvalue weighted by Gasteiger charge is 2.55. The number of rotatable bonds is 2. The van der Waals surface area contributed by atoms with Crippen LogP contribution in [0.3, 0.4) is 0 Å². The highest BCUT2D eigenvalue weighted by atomic mass is 79.9. The maximum Gasteiger partial charge on any atom is 0.408 e. The average molecular weight is 362 g/mol. The fourth-order valence-electron chi connectivity index (χ4n) is 3.90. The maximum atomic E-state index is 11.6. The zero-order chi connectivity index (χ0) is 15.3. The SMILES string of the molecule is O=C(O)N1CC2CCC1(c1ncc(-c3ccc(Br)cc3)[nH]1)C2. The molecule has 6 heteroatoms. The molecule has 2 fully saturated rings. The van der Waals surface area contributed by atoms with Crippen molar-refractivity contribution in [3.8, 4) is 11.3 Å². The molecule has 4 rings (SSSR count). The number of aromatic amines is 1. The zero-order valence-corrected chi connectivity index (χ0v) is 13.5. The van der Waals surface area contributed by atoms with Crippen molar-refractivity contribution in [3.05, 3.63) is 40.8 Å². The summed E-state index contributed by atoms with van der Waals surface area (Å²) in [5.74, 6) is 1.25. The average Bonchev–Trinajstić information content (AvgIpc) is 3.22. The lowest BCUT2D eigenvalue weighted by atomic mass is 9.96. The van der Waals surface area contributed by atoms with E-state index in [2.05, 4.69) is 25.9 Å². The van der Waals surface area contributed by atoms with E-state index in [0.29, 0.717) is 12.5 Å². The van der Waals surface area contributed by atoms with E-state index in [1.165, 1.54) is 0 Å². The molecule has 0 radical (unpaired) electrons. The number of amides is 1. The summed E-state index contributed by atoms with van der Waals surface area (Å²) in [5.41, 5.74) is 1.52. The maximum absolute atomic E-state index is 11.6. The molecule has 2 aromatic rings. The third-order valence-corrected chi connectivity index (χ3v) is 5.48. The van der Waals surface area contributed by atoms with Gasteiger partial charge in [0.2, 0.25) is 0 Å². The van der Waals surface area contributed by atoms with E-state index in [1.807, 2.05) is 24.3 Å². The van der Waals surface area contributed by atoms with Crippen LogP contribution in [0.2, 0.25) is 0 Å². The number of nitrogens with one attached hydrogen (secondary N) is 1. The number of imidazole rings is 1. The first-order valence-electron chi connectivity index (χ1n) is 7.40. The number of hydrogen-bond acceptors (Lipinski definition) is 2. The van der Waals surface area contributed by atoms with E-state index < -0.39 is 11.6 Å². The Morgan fingerprint density at radius 2 is 2.18 bits per heavy atom. The Kier molecular flexibility index (Phi) is 3.04. The second kappa shape index (κ2) is 4.84. The van der Waals surface area contributed by atoms with Gasteiger partial charge < -0.3 is 10.1 Å². The minimum Gasteiger partial charge on any atom is -0.465 e. The van der Waals surface area contributed by atoms with Crippen molar-refractivity contribution < 1.29 is 9.90 Å². The van der Waals surface area contributed by atoms with E-state index in [4.69, 9.17) is 0 Å². The van der Waals surface area contributed by atoms with E-state index in [9.17, 15) is 9.90 Å². The number of hydrogen-bond donors (Lipinski definition) is 2. The smallest absolute Gasteiger partial charge is 0.408 e.